The van der Waals surface area contributed by atoms with Crippen molar-refractivity contribution >= 4 is 16.0 Å². The molecule has 0 unspecified atom stereocenters. The third-order valence-corrected chi connectivity index (χ3v) is 3.89. The third-order valence-electron chi connectivity index (χ3n) is 2.43. The number of halogens is 1. The second kappa shape index (κ2) is 6.64. The summed E-state index contributed by atoms with van der Waals surface area (Å²) in [5, 5.41) is 17.4. The summed E-state index contributed by atoms with van der Waals surface area (Å²) in [6.45, 7) is -0.288. The average molecular weight is 307 g/mol. The van der Waals surface area contributed by atoms with Crippen LogP contribution in [0.5, 0.6) is 5.75 Å². The minimum absolute atomic E-state index is 0.0924. The van der Waals surface area contributed by atoms with Crippen LogP contribution in [0.1, 0.15) is 6.42 Å². The summed E-state index contributed by atoms with van der Waals surface area (Å²) >= 11 is 0. The Morgan fingerprint density at radius 1 is 1.50 bits per heavy atom. The Kier molecular flexibility index (Phi) is 5.43. The lowest BCUT2D eigenvalue weighted by molar-refractivity contribution is -0.146. The van der Waals surface area contributed by atoms with E-state index >= 15 is 0 Å². The first-order valence-corrected chi connectivity index (χ1v) is 7.00. The van der Waals surface area contributed by atoms with Crippen molar-refractivity contribution in [1.82, 2.24) is 4.72 Å². The Bertz CT molecular complexity index is 589. The van der Waals surface area contributed by atoms with Crippen LogP contribution < -0.4 is 9.46 Å². The number of aliphatic hydroxyl groups excluding tert-OH is 1. The molecule has 0 heterocycles. The number of rotatable bonds is 7. The van der Waals surface area contributed by atoms with Crippen LogP contribution in [-0.2, 0) is 14.8 Å². The van der Waals surface area contributed by atoms with Gasteiger partial charge in [0, 0.05) is 6.54 Å². The molecule has 1 aromatic rings. The Morgan fingerprint density at radius 3 is 2.65 bits per heavy atom. The molecule has 1 aromatic carbocycles. The van der Waals surface area contributed by atoms with Gasteiger partial charge < -0.3 is 14.9 Å². The van der Waals surface area contributed by atoms with Gasteiger partial charge in [0.1, 0.15) is 0 Å². The summed E-state index contributed by atoms with van der Waals surface area (Å²) in [5.74, 6) is -2.37. The van der Waals surface area contributed by atoms with Crippen LogP contribution in [-0.4, -0.2) is 44.4 Å². The lowest BCUT2D eigenvalue weighted by Crippen LogP contribution is -2.30. The summed E-state index contributed by atoms with van der Waals surface area (Å²) in [7, 11) is -2.73. The van der Waals surface area contributed by atoms with E-state index in [2.05, 4.69) is 9.46 Å². The molecule has 0 radical (unpaired) electrons. The maximum Gasteiger partial charge on any atom is 0.332 e. The number of ether oxygens (including phenoxy) is 1. The number of nitrogens with one attached hydrogen (secondary N) is 1. The van der Waals surface area contributed by atoms with Crippen LogP contribution >= 0.6 is 0 Å². The van der Waals surface area contributed by atoms with Gasteiger partial charge in [-0.15, -0.1) is 0 Å². The summed E-state index contributed by atoms with van der Waals surface area (Å²) in [5.41, 5.74) is 0. The summed E-state index contributed by atoms with van der Waals surface area (Å²) < 4.78 is 43.7. The fourth-order valence-electron chi connectivity index (χ4n) is 1.35. The van der Waals surface area contributed by atoms with Crippen molar-refractivity contribution in [3.8, 4) is 5.75 Å². The van der Waals surface area contributed by atoms with Crippen LogP contribution in [0.2, 0.25) is 0 Å². The molecule has 1 atom stereocenters. The van der Waals surface area contributed by atoms with E-state index in [0.29, 0.717) is 0 Å². The number of benzene rings is 1. The molecule has 0 fully saturated rings. The number of methoxy groups -OCH3 is 1. The van der Waals surface area contributed by atoms with E-state index in [0.717, 1.165) is 18.2 Å². The number of hydrogen-bond donors (Lipinski definition) is 3. The van der Waals surface area contributed by atoms with Crippen LogP contribution in [0.15, 0.2) is 23.1 Å². The molecule has 20 heavy (non-hydrogen) atoms. The van der Waals surface area contributed by atoms with E-state index < -0.39 is 27.9 Å². The van der Waals surface area contributed by atoms with E-state index in [1.54, 1.807) is 0 Å². The highest BCUT2D eigenvalue weighted by Crippen LogP contribution is 2.20. The Morgan fingerprint density at radius 2 is 2.15 bits per heavy atom. The van der Waals surface area contributed by atoms with Crippen LogP contribution in [0.4, 0.5) is 4.39 Å². The largest absolute Gasteiger partial charge is 0.494 e. The minimum atomic E-state index is -3.98. The number of carboxylic acid groups (broad SMARTS) is 1. The number of sulfonamides is 1. The van der Waals surface area contributed by atoms with E-state index in [9.17, 15) is 17.6 Å². The van der Waals surface area contributed by atoms with Crippen molar-refractivity contribution in [1.29, 1.82) is 0 Å². The molecule has 0 aliphatic heterocycles. The van der Waals surface area contributed by atoms with Gasteiger partial charge in [-0.3, -0.25) is 0 Å². The van der Waals surface area contributed by atoms with Crippen molar-refractivity contribution in [2.24, 2.45) is 0 Å². The van der Waals surface area contributed by atoms with Gasteiger partial charge in [-0.1, -0.05) is 0 Å². The van der Waals surface area contributed by atoms with Crippen molar-refractivity contribution < 1.29 is 32.6 Å². The van der Waals surface area contributed by atoms with Crippen molar-refractivity contribution in [3.05, 3.63) is 24.0 Å². The predicted octanol–water partition coefficient (Wildman–Crippen LogP) is -0.0518. The lowest BCUT2D eigenvalue weighted by Gasteiger charge is -2.09. The van der Waals surface area contributed by atoms with Gasteiger partial charge in [0.15, 0.2) is 17.7 Å². The third kappa shape index (κ3) is 4.15. The summed E-state index contributed by atoms with van der Waals surface area (Å²) in [6.07, 6.45) is -1.96. The standard InChI is InChI=1S/C11H14FNO6S/c1-19-10-3-2-7(6-8(10)12)20(17,18)13-5-4-9(14)11(15)16/h2-3,6,9,13-14H,4-5H2,1H3,(H,15,16)/t9-/m0/s1. The number of carbonyl (C=O) groups is 1. The van der Waals surface area contributed by atoms with Gasteiger partial charge in [0.25, 0.3) is 0 Å². The van der Waals surface area contributed by atoms with E-state index in [-0.39, 0.29) is 23.6 Å². The molecule has 0 aliphatic carbocycles. The normalized spacial score (nSPS) is 12.9. The molecule has 0 saturated heterocycles. The van der Waals surface area contributed by atoms with Crippen molar-refractivity contribution in [2.45, 2.75) is 17.4 Å². The predicted molar refractivity (Wildman–Crippen MR) is 66.4 cm³/mol. The highest BCUT2D eigenvalue weighted by molar-refractivity contribution is 7.89. The molecule has 0 aromatic heterocycles. The monoisotopic (exact) mass is 307 g/mol. The zero-order chi connectivity index (χ0) is 15.3. The molecule has 9 heteroatoms. The number of carboxylic acids is 1. The quantitative estimate of drug-likeness (QED) is 0.651. The average Bonchev–Trinajstić information content (AvgIpc) is 2.38. The molecule has 1 rings (SSSR count). The fourth-order valence-corrected chi connectivity index (χ4v) is 2.41. The second-order valence-corrected chi connectivity index (χ2v) is 5.60. The molecular weight excluding hydrogens is 293 g/mol. The second-order valence-electron chi connectivity index (χ2n) is 3.84. The topological polar surface area (TPSA) is 113 Å². The Labute approximate surface area is 115 Å². The highest BCUT2D eigenvalue weighted by Gasteiger charge is 2.18. The van der Waals surface area contributed by atoms with Gasteiger partial charge >= 0.3 is 5.97 Å². The van der Waals surface area contributed by atoms with Crippen LogP contribution in [0, 0.1) is 5.82 Å². The number of aliphatic carboxylic acids is 1. The highest BCUT2D eigenvalue weighted by atomic mass is 32.2. The van der Waals surface area contributed by atoms with Crippen LogP contribution in [0.3, 0.4) is 0 Å². The molecular formula is C11H14FNO6S. The molecule has 7 nitrogen and oxygen atoms in total. The van der Waals surface area contributed by atoms with Gasteiger partial charge in [0.2, 0.25) is 10.0 Å². The molecule has 0 bridgehead atoms. The van der Waals surface area contributed by atoms with E-state index in [1.807, 2.05) is 0 Å². The molecule has 112 valence electrons. The Hall–Kier alpha value is -1.71. The Balaban J connectivity index is 2.74. The number of aliphatic hydroxyl groups is 1. The van der Waals surface area contributed by atoms with Gasteiger partial charge in [0.05, 0.1) is 12.0 Å². The van der Waals surface area contributed by atoms with Gasteiger partial charge in [-0.2, -0.15) is 0 Å². The molecule has 0 amide bonds. The lowest BCUT2D eigenvalue weighted by atomic mass is 10.3. The fraction of sp³-hybridized carbons (Fsp3) is 0.364. The molecule has 0 saturated carbocycles. The molecule has 3 N–H and O–H groups in total. The first kappa shape index (κ1) is 16.3. The maximum absolute atomic E-state index is 13.4. The zero-order valence-electron chi connectivity index (χ0n) is 10.5. The zero-order valence-corrected chi connectivity index (χ0v) is 11.4. The van der Waals surface area contributed by atoms with E-state index in [1.165, 1.54) is 7.11 Å². The van der Waals surface area contributed by atoms with Crippen molar-refractivity contribution in [2.75, 3.05) is 13.7 Å². The first-order chi connectivity index (χ1) is 9.27. The smallest absolute Gasteiger partial charge is 0.332 e. The van der Waals surface area contributed by atoms with Gasteiger partial charge in [-0.25, -0.2) is 22.3 Å². The van der Waals surface area contributed by atoms with Gasteiger partial charge in [-0.05, 0) is 24.6 Å². The SMILES string of the molecule is COc1ccc(S(=O)(=O)NCC[C@H](O)C(=O)O)cc1F. The summed E-state index contributed by atoms with van der Waals surface area (Å²) in [4.78, 5) is 10.0. The molecule has 0 spiro atoms. The maximum atomic E-state index is 13.4. The summed E-state index contributed by atoms with van der Waals surface area (Å²) in [6, 6.07) is 3.10. The van der Waals surface area contributed by atoms with Crippen molar-refractivity contribution in [3.63, 3.8) is 0 Å². The van der Waals surface area contributed by atoms with E-state index in [4.69, 9.17) is 10.2 Å². The first-order valence-electron chi connectivity index (χ1n) is 5.52. The number of hydrogen-bond acceptors (Lipinski definition) is 5. The molecule has 0 aliphatic rings. The minimum Gasteiger partial charge on any atom is -0.494 e. The van der Waals surface area contributed by atoms with Crippen LogP contribution in [0.25, 0.3) is 0 Å².